The van der Waals surface area contributed by atoms with Gasteiger partial charge in [-0.15, -0.1) is 0 Å². The number of para-hydroxylation sites is 1. The Balaban J connectivity index is 2.32. The Bertz CT molecular complexity index is 584. The van der Waals surface area contributed by atoms with Gasteiger partial charge in [-0.2, -0.15) is 0 Å². The van der Waals surface area contributed by atoms with E-state index in [2.05, 4.69) is 0 Å². The minimum atomic E-state index is -0.429. The Morgan fingerprint density at radius 1 is 1.15 bits per heavy atom. The maximum absolute atomic E-state index is 13.9. The van der Waals surface area contributed by atoms with Gasteiger partial charge in [-0.1, -0.05) is 18.2 Å². The highest BCUT2D eigenvalue weighted by Crippen LogP contribution is 2.32. The van der Waals surface area contributed by atoms with Gasteiger partial charge in [0.05, 0.1) is 6.61 Å². The summed E-state index contributed by atoms with van der Waals surface area (Å²) in [6, 6.07) is 11.5. The highest BCUT2D eigenvalue weighted by atomic mass is 19.1. The van der Waals surface area contributed by atoms with Crippen molar-refractivity contribution in [3.63, 3.8) is 0 Å². The third-order valence-electron chi connectivity index (χ3n) is 2.82. The van der Waals surface area contributed by atoms with E-state index >= 15 is 0 Å². The van der Waals surface area contributed by atoms with Gasteiger partial charge in [0, 0.05) is 17.7 Å². The maximum Gasteiger partial charge on any atom is 0.167 e. The van der Waals surface area contributed by atoms with Crippen molar-refractivity contribution in [1.82, 2.24) is 0 Å². The normalized spacial score (nSPS) is 12.0. The molecule has 0 aromatic heterocycles. The lowest BCUT2D eigenvalue weighted by molar-refractivity contribution is 0.337. The smallest absolute Gasteiger partial charge is 0.167 e. The van der Waals surface area contributed by atoms with Crippen molar-refractivity contribution in [2.24, 2.45) is 5.73 Å². The van der Waals surface area contributed by atoms with Gasteiger partial charge >= 0.3 is 0 Å². The van der Waals surface area contributed by atoms with Crippen molar-refractivity contribution in [2.75, 3.05) is 6.61 Å². The standard InChI is InChI=1S/C16H18FNO2/c1-3-19-12-6-4-7-13(10-12)20-16-14(11(2)18)8-5-9-15(16)17/h4-11H,3,18H2,1-2H3/t11-/m1/s1. The number of ether oxygens (including phenoxy) is 2. The molecule has 0 amide bonds. The number of nitrogens with two attached hydrogens (primary N) is 1. The second-order valence-electron chi connectivity index (χ2n) is 4.46. The van der Waals surface area contributed by atoms with Crippen LogP contribution in [0.1, 0.15) is 25.5 Å². The van der Waals surface area contributed by atoms with Crippen LogP contribution in [0.4, 0.5) is 4.39 Å². The van der Waals surface area contributed by atoms with Crippen LogP contribution in [0, 0.1) is 5.82 Å². The third kappa shape index (κ3) is 3.27. The van der Waals surface area contributed by atoms with Crippen LogP contribution in [-0.2, 0) is 0 Å². The summed E-state index contributed by atoms with van der Waals surface area (Å²) in [6.45, 7) is 4.26. The SMILES string of the molecule is CCOc1cccc(Oc2c(F)cccc2[C@@H](C)N)c1. The van der Waals surface area contributed by atoms with Gasteiger partial charge in [0.15, 0.2) is 11.6 Å². The Morgan fingerprint density at radius 2 is 1.85 bits per heavy atom. The van der Waals surface area contributed by atoms with Crippen LogP contribution in [0.5, 0.6) is 17.2 Å². The van der Waals surface area contributed by atoms with Gasteiger partial charge in [0.2, 0.25) is 0 Å². The summed E-state index contributed by atoms with van der Waals surface area (Å²) < 4.78 is 25.0. The lowest BCUT2D eigenvalue weighted by atomic mass is 10.1. The predicted octanol–water partition coefficient (Wildman–Crippen LogP) is 4.04. The van der Waals surface area contributed by atoms with Gasteiger partial charge in [-0.05, 0) is 32.0 Å². The van der Waals surface area contributed by atoms with E-state index in [1.807, 2.05) is 13.0 Å². The molecule has 0 fully saturated rings. The van der Waals surface area contributed by atoms with Crippen molar-refractivity contribution in [2.45, 2.75) is 19.9 Å². The zero-order valence-corrected chi connectivity index (χ0v) is 11.6. The minimum Gasteiger partial charge on any atom is -0.494 e. The zero-order valence-electron chi connectivity index (χ0n) is 11.6. The maximum atomic E-state index is 13.9. The molecular weight excluding hydrogens is 257 g/mol. The van der Waals surface area contributed by atoms with E-state index in [9.17, 15) is 4.39 Å². The number of rotatable bonds is 5. The first-order valence-electron chi connectivity index (χ1n) is 6.56. The summed E-state index contributed by atoms with van der Waals surface area (Å²) in [7, 11) is 0. The lowest BCUT2D eigenvalue weighted by Crippen LogP contribution is -2.07. The van der Waals surface area contributed by atoms with E-state index < -0.39 is 5.82 Å². The molecule has 0 spiro atoms. The molecule has 4 heteroatoms. The van der Waals surface area contributed by atoms with Crippen molar-refractivity contribution in [3.8, 4) is 17.2 Å². The van der Waals surface area contributed by atoms with Crippen LogP contribution in [-0.4, -0.2) is 6.61 Å². The molecule has 0 aliphatic carbocycles. The van der Waals surface area contributed by atoms with E-state index in [4.69, 9.17) is 15.2 Å². The quantitative estimate of drug-likeness (QED) is 0.895. The molecule has 0 saturated heterocycles. The fourth-order valence-electron chi connectivity index (χ4n) is 1.90. The summed E-state index contributed by atoms with van der Waals surface area (Å²) in [6.07, 6.45) is 0. The largest absolute Gasteiger partial charge is 0.494 e. The molecular formula is C16H18FNO2. The molecule has 0 heterocycles. The first-order chi connectivity index (χ1) is 9.61. The average molecular weight is 275 g/mol. The van der Waals surface area contributed by atoms with E-state index in [-0.39, 0.29) is 11.8 Å². The molecule has 0 aliphatic rings. The molecule has 0 unspecified atom stereocenters. The Labute approximate surface area is 118 Å². The molecule has 2 N–H and O–H groups in total. The summed E-state index contributed by atoms with van der Waals surface area (Å²) >= 11 is 0. The molecule has 106 valence electrons. The molecule has 2 rings (SSSR count). The molecule has 0 bridgehead atoms. The molecule has 1 atom stereocenters. The average Bonchev–Trinajstić information content (AvgIpc) is 2.41. The van der Waals surface area contributed by atoms with E-state index in [0.29, 0.717) is 23.7 Å². The van der Waals surface area contributed by atoms with Gasteiger partial charge in [0.25, 0.3) is 0 Å². The monoisotopic (exact) mass is 275 g/mol. The topological polar surface area (TPSA) is 44.5 Å². The zero-order chi connectivity index (χ0) is 14.5. The number of halogens is 1. The van der Waals surface area contributed by atoms with Crippen molar-refractivity contribution >= 4 is 0 Å². The van der Waals surface area contributed by atoms with Gasteiger partial charge in [-0.3, -0.25) is 0 Å². The summed E-state index contributed by atoms with van der Waals surface area (Å²) in [4.78, 5) is 0. The van der Waals surface area contributed by atoms with Crippen LogP contribution in [0.25, 0.3) is 0 Å². The van der Waals surface area contributed by atoms with Crippen LogP contribution in [0.15, 0.2) is 42.5 Å². The predicted molar refractivity (Wildman–Crippen MR) is 76.7 cm³/mol. The molecule has 3 nitrogen and oxygen atoms in total. The Morgan fingerprint density at radius 3 is 2.55 bits per heavy atom. The first-order valence-corrected chi connectivity index (χ1v) is 6.56. The van der Waals surface area contributed by atoms with E-state index in [1.165, 1.54) is 6.07 Å². The lowest BCUT2D eigenvalue weighted by Gasteiger charge is -2.15. The van der Waals surface area contributed by atoms with Crippen LogP contribution < -0.4 is 15.2 Å². The van der Waals surface area contributed by atoms with Gasteiger partial charge < -0.3 is 15.2 Å². The number of hydrogen-bond acceptors (Lipinski definition) is 3. The first kappa shape index (κ1) is 14.3. The summed E-state index contributed by atoms with van der Waals surface area (Å²) in [5.41, 5.74) is 6.47. The number of hydrogen-bond donors (Lipinski definition) is 1. The van der Waals surface area contributed by atoms with Crippen molar-refractivity contribution in [3.05, 3.63) is 53.8 Å². The van der Waals surface area contributed by atoms with Gasteiger partial charge in [0.1, 0.15) is 11.5 Å². The molecule has 20 heavy (non-hydrogen) atoms. The fourth-order valence-corrected chi connectivity index (χ4v) is 1.90. The highest BCUT2D eigenvalue weighted by Gasteiger charge is 2.14. The van der Waals surface area contributed by atoms with E-state index in [1.54, 1.807) is 37.3 Å². The Kier molecular flexibility index (Phi) is 4.58. The summed E-state index contributed by atoms with van der Waals surface area (Å²) in [5, 5.41) is 0. The molecule has 2 aromatic rings. The Hall–Kier alpha value is -2.07. The highest BCUT2D eigenvalue weighted by molar-refractivity contribution is 5.42. The van der Waals surface area contributed by atoms with Crippen molar-refractivity contribution in [1.29, 1.82) is 0 Å². The van der Waals surface area contributed by atoms with Crippen LogP contribution in [0.2, 0.25) is 0 Å². The number of benzene rings is 2. The summed E-state index contributed by atoms with van der Waals surface area (Å²) in [5.74, 6) is 0.935. The van der Waals surface area contributed by atoms with Gasteiger partial charge in [-0.25, -0.2) is 4.39 Å². The second-order valence-corrected chi connectivity index (χ2v) is 4.46. The van der Waals surface area contributed by atoms with Crippen LogP contribution in [0.3, 0.4) is 0 Å². The van der Waals surface area contributed by atoms with Crippen molar-refractivity contribution < 1.29 is 13.9 Å². The molecule has 0 saturated carbocycles. The second kappa shape index (κ2) is 6.39. The third-order valence-corrected chi connectivity index (χ3v) is 2.82. The molecule has 0 aliphatic heterocycles. The molecule has 0 radical (unpaired) electrons. The fraction of sp³-hybridized carbons (Fsp3) is 0.250. The minimum absolute atomic E-state index is 0.163. The molecule has 2 aromatic carbocycles. The van der Waals surface area contributed by atoms with Crippen LogP contribution >= 0.6 is 0 Å². The van der Waals surface area contributed by atoms with E-state index in [0.717, 1.165) is 0 Å².